The summed E-state index contributed by atoms with van der Waals surface area (Å²) in [5.74, 6) is -3.10. The van der Waals surface area contributed by atoms with Crippen molar-refractivity contribution in [2.45, 2.75) is 302 Å². The van der Waals surface area contributed by atoms with Crippen LogP contribution in [0.5, 0.6) is 0 Å². The van der Waals surface area contributed by atoms with Crippen molar-refractivity contribution in [3.8, 4) is 0 Å². The molecule has 12 nitrogen and oxygen atoms in total. The van der Waals surface area contributed by atoms with Crippen molar-refractivity contribution < 1.29 is 58.2 Å². The molecule has 0 saturated carbocycles. The Balaban J connectivity index is 2.71. The van der Waals surface area contributed by atoms with Gasteiger partial charge in [0, 0.05) is 19.3 Å². The monoisotopic (exact) mass is 953 g/mol. The predicted molar refractivity (Wildman–Crippen MR) is 267 cm³/mol. The fourth-order valence-corrected chi connectivity index (χ4v) is 8.53. The van der Waals surface area contributed by atoms with Crippen molar-refractivity contribution in [3.63, 3.8) is 0 Å². The zero-order valence-electron chi connectivity index (χ0n) is 42.9. The van der Waals surface area contributed by atoms with Gasteiger partial charge in [-0.1, -0.05) is 219 Å². The van der Waals surface area contributed by atoms with Gasteiger partial charge in [0.05, 0.1) is 6.61 Å². The second-order valence-electron chi connectivity index (χ2n) is 19.2. The van der Waals surface area contributed by atoms with Gasteiger partial charge in [0.1, 0.15) is 18.8 Å². The van der Waals surface area contributed by atoms with Crippen LogP contribution in [0.15, 0.2) is 12.2 Å². The summed E-state index contributed by atoms with van der Waals surface area (Å²) in [7, 11) is 0. The van der Waals surface area contributed by atoms with Gasteiger partial charge >= 0.3 is 23.9 Å². The molecule has 6 atom stereocenters. The SMILES string of the molecule is CCCC/C=C\CCCCCCCC(=O)OC1C(OCC(COC(=O)CCCCCCCCCCCCCCC)OC(=O)CCCCCCCCCCCCCCC)OC(C(=O)O)C(O)C1O. The van der Waals surface area contributed by atoms with E-state index in [4.69, 9.17) is 23.7 Å². The number of esters is 3. The smallest absolute Gasteiger partial charge is 0.335 e. The van der Waals surface area contributed by atoms with E-state index in [1.165, 1.54) is 128 Å². The number of allylic oxidation sites excluding steroid dienone is 2. The van der Waals surface area contributed by atoms with Crippen LogP contribution < -0.4 is 0 Å². The highest BCUT2D eigenvalue weighted by Gasteiger charge is 2.50. The Morgan fingerprint density at radius 1 is 0.478 bits per heavy atom. The third-order valence-corrected chi connectivity index (χ3v) is 12.8. The molecule has 0 amide bonds. The number of aliphatic carboxylic acids is 1. The number of rotatable bonds is 47. The summed E-state index contributed by atoms with van der Waals surface area (Å²) < 4.78 is 28.3. The first-order valence-electron chi connectivity index (χ1n) is 27.7. The molecule has 6 unspecified atom stereocenters. The molecular formula is C55H100O12. The molecule has 0 spiro atoms. The van der Waals surface area contributed by atoms with Gasteiger partial charge in [0.15, 0.2) is 24.6 Å². The van der Waals surface area contributed by atoms with Crippen LogP contribution in [0.3, 0.4) is 0 Å². The van der Waals surface area contributed by atoms with Crippen LogP contribution in [-0.4, -0.2) is 89.2 Å². The number of ether oxygens (including phenoxy) is 5. The van der Waals surface area contributed by atoms with E-state index >= 15 is 0 Å². The lowest BCUT2D eigenvalue weighted by atomic mass is 9.98. The van der Waals surface area contributed by atoms with E-state index in [0.717, 1.165) is 77.0 Å². The maximum Gasteiger partial charge on any atom is 0.335 e. The third kappa shape index (κ3) is 35.3. The molecule has 67 heavy (non-hydrogen) atoms. The molecule has 1 heterocycles. The van der Waals surface area contributed by atoms with Crippen LogP contribution in [0.2, 0.25) is 0 Å². The molecule has 1 saturated heterocycles. The van der Waals surface area contributed by atoms with E-state index < -0.39 is 67.3 Å². The number of unbranched alkanes of at least 4 members (excludes halogenated alkanes) is 31. The van der Waals surface area contributed by atoms with Crippen molar-refractivity contribution in [2.24, 2.45) is 0 Å². The van der Waals surface area contributed by atoms with Crippen LogP contribution >= 0.6 is 0 Å². The van der Waals surface area contributed by atoms with Crippen LogP contribution in [0.25, 0.3) is 0 Å². The Kier molecular flexibility index (Phi) is 41.6. The first-order valence-corrected chi connectivity index (χ1v) is 27.7. The van der Waals surface area contributed by atoms with E-state index in [1.54, 1.807) is 0 Å². The minimum absolute atomic E-state index is 0.0555. The minimum atomic E-state index is -1.90. The van der Waals surface area contributed by atoms with Crippen molar-refractivity contribution in [1.82, 2.24) is 0 Å². The summed E-state index contributed by atoms with van der Waals surface area (Å²) in [6.07, 6.45) is 34.8. The Morgan fingerprint density at radius 2 is 0.866 bits per heavy atom. The molecule has 0 aromatic rings. The molecule has 3 N–H and O–H groups in total. The van der Waals surface area contributed by atoms with Gasteiger partial charge in [-0.25, -0.2) is 4.79 Å². The Hall–Kier alpha value is -2.54. The van der Waals surface area contributed by atoms with Crippen LogP contribution in [0, 0.1) is 0 Å². The van der Waals surface area contributed by atoms with E-state index in [9.17, 15) is 34.5 Å². The lowest BCUT2D eigenvalue weighted by Crippen LogP contribution is -2.61. The highest BCUT2D eigenvalue weighted by Crippen LogP contribution is 2.26. The summed E-state index contributed by atoms with van der Waals surface area (Å²) in [5.41, 5.74) is 0. The molecule has 1 fully saturated rings. The van der Waals surface area contributed by atoms with Gasteiger partial charge in [0.2, 0.25) is 0 Å². The normalized spacial score (nSPS) is 18.9. The average Bonchev–Trinajstić information content (AvgIpc) is 3.31. The lowest BCUT2D eigenvalue weighted by molar-refractivity contribution is -0.301. The van der Waals surface area contributed by atoms with Crippen molar-refractivity contribution in [2.75, 3.05) is 13.2 Å². The standard InChI is InChI=1S/C55H100O12/c1-4-7-10-13-16-19-22-24-27-29-32-35-38-41-47(56)63-44-46(65-48(57)42-39-36-33-31-28-25-23-20-17-14-11-8-5-2)45-64-55-53(51(60)50(59)52(67-55)54(61)62)66-49(58)43-40-37-34-30-26-21-18-15-12-9-6-3/h15,18,46,50-53,55,59-60H,4-14,16-17,19-45H2,1-3H3,(H,61,62)/b18-15-. The van der Waals surface area contributed by atoms with Gasteiger partial charge in [-0.15, -0.1) is 0 Å². The second kappa shape index (κ2) is 44.7. The summed E-state index contributed by atoms with van der Waals surface area (Å²) in [6.45, 7) is 5.95. The van der Waals surface area contributed by atoms with Crippen LogP contribution in [0.1, 0.15) is 265 Å². The van der Waals surface area contributed by atoms with Gasteiger partial charge in [0.25, 0.3) is 0 Å². The molecule has 0 aromatic heterocycles. The van der Waals surface area contributed by atoms with E-state index in [0.29, 0.717) is 19.3 Å². The molecule has 1 aliphatic heterocycles. The van der Waals surface area contributed by atoms with Crippen LogP contribution in [0.4, 0.5) is 0 Å². The molecule has 1 aliphatic rings. The zero-order valence-corrected chi connectivity index (χ0v) is 42.9. The van der Waals surface area contributed by atoms with Gasteiger partial charge < -0.3 is 39.0 Å². The number of carbonyl (C=O) groups excluding carboxylic acids is 3. The largest absolute Gasteiger partial charge is 0.479 e. The number of hydrogen-bond donors (Lipinski definition) is 3. The van der Waals surface area contributed by atoms with Crippen molar-refractivity contribution >= 4 is 23.9 Å². The van der Waals surface area contributed by atoms with Crippen molar-refractivity contribution in [1.29, 1.82) is 0 Å². The van der Waals surface area contributed by atoms with E-state index in [-0.39, 0.29) is 25.9 Å². The number of aliphatic hydroxyl groups excluding tert-OH is 2. The number of aliphatic hydroxyl groups is 2. The first-order chi connectivity index (χ1) is 32.6. The number of carboxylic acids is 1. The Bertz CT molecular complexity index is 1230. The third-order valence-electron chi connectivity index (χ3n) is 12.8. The molecular weight excluding hydrogens is 853 g/mol. The minimum Gasteiger partial charge on any atom is -0.479 e. The molecule has 1 rings (SSSR count). The fraction of sp³-hybridized carbons (Fsp3) is 0.891. The molecule has 0 radical (unpaired) electrons. The van der Waals surface area contributed by atoms with Crippen LogP contribution in [-0.2, 0) is 42.9 Å². The average molecular weight is 953 g/mol. The molecule has 12 heteroatoms. The Morgan fingerprint density at radius 3 is 1.31 bits per heavy atom. The molecule has 392 valence electrons. The fourth-order valence-electron chi connectivity index (χ4n) is 8.53. The highest BCUT2D eigenvalue weighted by molar-refractivity contribution is 5.74. The lowest BCUT2D eigenvalue weighted by Gasteiger charge is -2.40. The van der Waals surface area contributed by atoms with E-state index in [1.807, 2.05) is 0 Å². The van der Waals surface area contributed by atoms with Gasteiger partial charge in [-0.3, -0.25) is 14.4 Å². The predicted octanol–water partition coefficient (Wildman–Crippen LogP) is 13.3. The van der Waals surface area contributed by atoms with Crippen molar-refractivity contribution in [3.05, 3.63) is 12.2 Å². The maximum absolute atomic E-state index is 13.1. The van der Waals surface area contributed by atoms with Gasteiger partial charge in [-0.05, 0) is 38.5 Å². The zero-order chi connectivity index (χ0) is 49.0. The number of carbonyl (C=O) groups is 4. The second-order valence-corrected chi connectivity index (χ2v) is 19.2. The maximum atomic E-state index is 13.1. The number of hydrogen-bond acceptors (Lipinski definition) is 11. The summed E-state index contributed by atoms with van der Waals surface area (Å²) in [5, 5.41) is 31.3. The molecule has 0 aliphatic carbocycles. The topological polar surface area (TPSA) is 175 Å². The quantitative estimate of drug-likeness (QED) is 0.0228. The molecule has 0 bridgehead atoms. The Labute approximate surface area is 407 Å². The number of carboxylic acid groups (broad SMARTS) is 1. The molecule has 0 aromatic carbocycles. The first kappa shape index (κ1) is 62.5. The van der Waals surface area contributed by atoms with Gasteiger partial charge in [-0.2, -0.15) is 0 Å². The summed E-state index contributed by atoms with van der Waals surface area (Å²) in [6, 6.07) is 0. The van der Waals surface area contributed by atoms with E-state index in [2.05, 4.69) is 32.9 Å². The summed E-state index contributed by atoms with van der Waals surface area (Å²) in [4.78, 5) is 50.9. The summed E-state index contributed by atoms with van der Waals surface area (Å²) >= 11 is 0. The highest BCUT2D eigenvalue weighted by atomic mass is 16.7.